The lowest BCUT2D eigenvalue weighted by atomic mass is 10.4. The van der Waals surface area contributed by atoms with Gasteiger partial charge in [-0.05, 0) is 46.9 Å². The minimum atomic E-state index is 0.405. The molecule has 0 N–H and O–H groups in total. The molecule has 2 aromatic rings. The van der Waals surface area contributed by atoms with Gasteiger partial charge in [-0.25, -0.2) is 9.97 Å². The third-order valence-electron chi connectivity index (χ3n) is 2.00. The summed E-state index contributed by atoms with van der Waals surface area (Å²) in [5.41, 5.74) is 0. The number of thioether (sulfide) groups is 1. The highest BCUT2D eigenvalue weighted by atomic mass is 127. The SMILES string of the molecule is Clc1nc(CSc2ccc(Br)cc2)nc(Cl)c1I. The van der Waals surface area contributed by atoms with Crippen LogP contribution in [0.3, 0.4) is 0 Å². The second-order valence-corrected chi connectivity index (χ2v) is 7.04. The fourth-order valence-corrected chi connectivity index (χ4v) is 2.86. The lowest BCUT2D eigenvalue weighted by Gasteiger charge is -2.04. The number of nitrogens with zero attached hydrogens (tertiary/aromatic N) is 2. The molecule has 0 aliphatic heterocycles. The minimum absolute atomic E-state index is 0.405. The monoisotopic (exact) mass is 474 g/mol. The van der Waals surface area contributed by atoms with Crippen molar-refractivity contribution in [2.75, 3.05) is 0 Å². The maximum absolute atomic E-state index is 5.96. The maximum Gasteiger partial charge on any atom is 0.147 e. The highest BCUT2D eigenvalue weighted by Crippen LogP contribution is 2.27. The number of aromatic nitrogens is 2. The Morgan fingerprint density at radius 2 is 1.67 bits per heavy atom. The first-order valence-corrected chi connectivity index (χ1v) is 8.43. The molecule has 2 rings (SSSR count). The van der Waals surface area contributed by atoms with Gasteiger partial charge in [0.1, 0.15) is 16.1 Å². The van der Waals surface area contributed by atoms with E-state index in [1.165, 1.54) is 0 Å². The Kier molecular flexibility index (Phi) is 5.56. The standard InChI is InChI=1S/C11H6BrCl2IN2S/c12-6-1-3-7(4-2-6)18-5-8-16-10(13)9(15)11(14)17-8/h1-4H,5H2. The Bertz CT molecular complexity index is 542. The van der Waals surface area contributed by atoms with Gasteiger partial charge in [0.05, 0.1) is 9.32 Å². The number of rotatable bonds is 3. The number of hydrogen-bond donors (Lipinski definition) is 0. The summed E-state index contributed by atoms with van der Waals surface area (Å²) in [5, 5.41) is 0.809. The number of halogens is 4. The zero-order valence-electron chi connectivity index (χ0n) is 8.83. The summed E-state index contributed by atoms with van der Waals surface area (Å²) < 4.78 is 1.75. The molecule has 2 nitrogen and oxygen atoms in total. The smallest absolute Gasteiger partial charge is 0.147 e. The van der Waals surface area contributed by atoms with Crippen LogP contribution in [0.15, 0.2) is 33.6 Å². The lowest BCUT2D eigenvalue weighted by molar-refractivity contribution is 1.02. The molecule has 0 saturated heterocycles. The van der Waals surface area contributed by atoms with Gasteiger partial charge in [-0.1, -0.05) is 39.1 Å². The molecule has 0 radical (unpaired) electrons. The van der Waals surface area contributed by atoms with E-state index in [0.717, 1.165) is 9.37 Å². The summed E-state index contributed by atoms with van der Waals surface area (Å²) in [7, 11) is 0. The summed E-state index contributed by atoms with van der Waals surface area (Å²) in [6.07, 6.45) is 0. The maximum atomic E-state index is 5.96. The fraction of sp³-hybridized carbons (Fsp3) is 0.0909. The summed E-state index contributed by atoms with van der Waals surface area (Å²) >= 11 is 19.0. The van der Waals surface area contributed by atoms with Crippen molar-refractivity contribution >= 4 is 73.5 Å². The van der Waals surface area contributed by atoms with Crippen LogP contribution in [0.5, 0.6) is 0 Å². The molecule has 0 aliphatic rings. The molecule has 0 bridgehead atoms. The quantitative estimate of drug-likeness (QED) is 0.336. The van der Waals surface area contributed by atoms with E-state index in [9.17, 15) is 0 Å². The average molecular weight is 476 g/mol. The third kappa shape index (κ3) is 3.96. The van der Waals surface area contributed by atoms with Gasteiger partial charge in [0.15, 0.2) is 0 Å². The van der Waals surface area contributed by atoms with E-state index in [2.05, 4.69) is 25.9 Å². The van der Waals surface area contributed by atoms with E-state index < -0.39 is 0 Å². The molecular weight excluding hydrogens is 470 g/mol. The Labute approximate surface area is 141 Å². The minimum Gasteiger partial charge on any atom is -0.219 e. The fourth-order valence-electron chi connectivity index (χ4n) is 1.18. The van der Waals surface area contributed by atoms with Gasteiger partial charge < -0.3 is 0 Å². The molecule has 18 heavy (non-hydrogen) atoms. The van der Waals surface area contributed by atoms with Crippen molar-refractivity contribution in [3.8, 4) is 0 Å². The second kappa shape index (κ2) is 6.74. The van der Waals surface area contributed by atoms with Crippen LogP contribution in [0.2, 0.25) is 10.3 Å². The van der Waals surface area contributed by atoms with Crippen LogP contribution in [0, 0.1) is 3.57 Å². The Morgan fingerprint density at radius 3 is 2.22 bits per heavy atom. The second-order valence-electron chi connectivity index (χ2n) is 3.28. The highest BCUT2D eigenvalue weighted by molar-refractivity contribution is 14.1. The van der Waals surface area contributed by atoms with Gasteiger partial charge >= 0.3 is 0 Å². The Morgan fingerprint density at radius 1 is 1.11 bits per heavy atom. The summed E-state index contributed by atoms with van der Waals surface area (Å²) in [6, 6.07) is 8.06. The van der Waals surface area contributed by atoms with Crippen molar-refractivity contribution in [2.24, 2.45) is 0 Å². The average Bonchev–Trinajstić information content (AvgIpc) is 2.35. The van der Waals surface area contributed by atoms with E-state index in [0.29, 0.717) is 25.5 Å². The molecule has 0 atom stereocenters. The summed E-state index contributed by atoms with van der Waals surface area (Å²) in [5.74, 6) is 1.27. The van der Waals surface area contributed by atoms with Gasteiger partial charge in [-0.15, -0.1) is 11.8 Å². The van der Waals surface area contributed by atoms with Crippen molar-refractivity contribution in [1.29, 1.82) is 0 Å². The topological polar surface area (TPSA) is 25.8 Å². The van der Waals surface area contributed by atoms with E-state index in [1.807, 2.05) is 46.9 Å². The molecule has 0 fully saturated rings. The van der Waals surface area contributed by atoms with Gasteiger partial charge in [0, 0.05) is 9.37 Å². The molecule has 1 aromatic heterocycles. The van der Waals surface area contributed by atoms with E-state index >= 15 is 0 Å². The van der Waals surface area contributed by atoms with E-state index in [4.69, 9.17) is 23.2 Å². The van der Waals surface area contributed by atoms with Crippen LogP contribution >= 0.6 is 73.5 Å². The van der Waals surface area contributed by atoms with Crippen LogP contribution in [-0.2, 0) is 5.75 Å². The molecule has 1 heterocycles. The number of hydrogen-bond acceptors (Lipinski definition) is 3. The Balaban J connectivity index is 2.08. The molecule has 7 heteroatoms. The predicted octanol–water partition coefficient (Wildman–Crippen LogP) is 5.44. The lowest BCUT2D eigenvalue weighted by Crippen LogP contribution is -1.96. The summed E-state index contributed by atoms with van der Waals surface area (Å²) in [6.45, 7) is 0. The van der Waals surface area contributed by atoms with Crippen LogP contribution in [0.25, 0.3) is 0 Å². The summed E-state index contributed by atoms with van der Waals surface area (Å²) in [4.78, 5) is 9.54. The molecule has 0 unspecified atom stereocenters. The zero-order chi connectivity index (χ0) is 13.1. The van der Waals surface area contributed by atoms with Gasteiger partial charge in [-0.3, -0.25) is 0 Å². The first-order chi connectivity index (χ1) is 8.56. The van der Waals surface area contributed by atoms with Gasteiger partial charge in [-0.2, -0.15) is 0 Å². The van der Waals surface area contributed by atoms with Crippen LogP contribution < -0.4 is 0 Å². The number of benzene rings is 1. The first-order valence-electron chi connectivity index (χ1n) is 4.82. The molecule has 94 valence electrons. The van der Waals surface area contributed by atoms with Crippen molar-refractivity contribution in [2.45, 2.75) is 10.6 Å². The van der Waals surface area contributed by atoms with Gasteiger partial charge in [0.25, 0.3) is 0 Å². The highest BCUT2D eigenvalue weighted by Gasteiger charge is 2.09. The van der Waals surface area contributed by atoms with Crippen LogP contribution in [-0.4, -0.2) is 9.97 Å². The Hall–Kier alpha value is 0.440. The third-order valence-corrected chi connectivity index (χ3v) is 5.74. The van der Waals surface area contributed by atoms with Gasteiger partial charge in [0.2, 0.25) is 0 Å². The van der Waals surface area contributed by atoms with Crippen molar-refractivity contribution in [3.63, 3.8) is 0 Å². The normalized spacial score (nSPS) is 10.7. The van der Waals surface area contributed by atoms with Crippen LogP contribution in [0.1, 0.15) is 5.82 Å². The van der Waals surface area contributed by atoms with Crippen molar-refractivity contribution < 1.29 is 0 Å². The molecule has 0 aliphatic carbocycles. The molecule has 0 spiro atoms. The largest absolute Gasteiger partial charge is 0.219 e. The van der Waals surface area contributed by atoms with Crippen molar-refractivity contribution in [3.05, 3.63) is 48.4 Å². The first kappa shape index (κ1) is 14.8. The van der Waals surface area contributed by atoms with E-state index in [-0.39, 0.29) is 0 Å². The van der Waals surface area contributed by atoms with E-state index in [1.54, 1.807) is 11.8 Å². The predicted molar refractivity (Wildman–Crippen MR) is 88.5 cm³/mol. The zero-order valence-corrected chi connectivity index (χ0v) is 14.9. The van der Waals surface area contributed by atoms with Crippen molar-refractivity contribution in [1.82, 2.24) is 9.97 Å². The molecule has 1 aromatic carbocycles. The molecule has 0 amide bonds. The molecular formula is C11H6BrCl2IN2S. The molecule has 0 saturated carbocycles. The van der Waals surface area contributed by atoms with Crippen LogP contribution in [0.4, 0.5) is 0 Å².